The monoisotopic (exact) mass is 313 g/mol. The van der Waals surface area contributed by atoms with Gasteiger partial charge in [0, 0.05) is 18.0 Å². The van der Waals surface area contributed by atoms with Gasteiger partial charge in [-0.1, -0.05) is 30.7 Å². The number of imidazole rings is 1. The van der Waals surface area contributed by atoms with Gasteiger partial charge >= 0.3 is 0 Å². The molecule has 2 N–H and O–H groups in total. The number of benzene rings is 1. The second-order valence-corrected chi connectivity index (χ2v) is 6.49. The van der Waals surface area contributed by atoms with E-state index in [-0.39, 0.29) is 5.03 Å². The van der Waals surface area contributed by atoms with Crippen LogP contribution >= 0.6 is 11.6 Å². The van der Waals surface area contributed by atoms with Crippen LogP contribution in [0.15, 0.2) is 35.5 Å². The van der Waals surface area contributed by atoms with Gasteiger partial charge in [-0.05, 0) is 24.1 Å². The molecule has 2 rings (SSSR count). The molecule has 0 saturated heterocycles. The first kappa shape index (κ1) is 15.0. The van der Waals surface area contributed by atoms with E-state index in [0.717, 1.165) is 5.56 Å². The number of hydrogen-bond acceptors (Lipinski definition) is 3. The van der Waals surface area contributed by atoms with Gasteiger partial charge in [0.2, 0.25) is 0 Å². The second kappa shape index (κ2) is 6.39. The number of nitrogens with zero attached hydrogens (tertiary/aromatic N) is 1. The van der Waals surface area contributed by atoms with E-state index in [9.17, 15) is 8.42 Å². The van der Waals surface area contributed by atoms with E-state index in [0.29, 0.717) is 30.2 Å². The molecule has 0 bridgehead atoms. The van der Waals surface area contributed by atoms with Crippen molar-refractivity contribution in [1.82, 2.24) is 14.7 Å². The lowest BCUT2D eigenvalue weighted by Crippen LogP contribution is -2.26. The number of nitrogens with one attached hydrogen (secondary N) is 2. The summed E-state index contributed by atoms with van der Waals surface area (Å²) in [6.45, 7) is 2.23. The molecule has 0 aliphatic rings. The highest BCUT2D eigenvalue weighted by Crippen LogP contribution is 2.10. The third kappa shape index (κ3) is 3.82. The van der Waals surface area contributed by atoms with Crippen LogP contribution in [0.3, 0.4) is 0 Å². The van der Waals surface area contributed by atoms with E-state index in [1.54, 1.807) is 12.1 Å². The van der Waals surface area contributed by atoms with E-state index in [1.165, 1.54) is 6.20 Å². The molecular formula is C13H16ClN3O2S. The second-order valence-electron chi connectivity index (χ2n) is 4.32. The molecule has 0 aliphatic carbocycles. The van der Waals surface area contributed by atoms with Crippen molar-refractivity contribution in [3.05, 3.63) is 46.9 Å². The maximum absolute atomic E-state index is 12.0. The average molecular weight is 314 g/mol. The number of sulfonamides is 1. The maximum Gasteiger partial charge on any atom is 0.257 e. The third-order valence-corrected chi connectivity index (χ3v) is 4.47. The highest BCUT2D eigenvalue weighted by atomic mass is 35.5. The van der Waals surface area contributed by atoms with Crippen LogP contribution in [0.4, 0.5) is 0 Å². The van der Waals surface area contributed by atoms with Crippen molar-refractivity contribution in [1.29, 1.82) is 0 Å². The van der Waals surface area contributed by atoms with Gasteiger partial charge < -0.3 is 4.98 Å². The van der Waals surface area contributed by atoms with E-state index in [1.807, 2.05) is 19.1 Å². The number of H-pyrrole nitrogens is 1. The Morgan fingerprint density at radius 2 is 2.00 bits per heavy atom. The molecule has 108 valence electrons. The molecule has 0 fully saturated rings. The van der Waals surface area contributed by atoms with E-state index >= 15 is 0 Å². The molecule has 7 heteroatoms. The molecule has 1 aromatic carbocycles. The number of rotatable bonds is 6. The topological polar surface area (TPSA) is 74.8 Å². The lowest BCUT2D eigenvalue weighted by atomic mass is 10.2. The fourth-order valence-electron chi connectivity index (χ4n) is 1.72. The molecule has 0 atom stereocenters. The summed E-state index contributed by atoms with van der Waals surface area (Å²) in [5.41, 5.74) is 1.02. The van der Waals surface area contributed by atoms with Crippen molar-refractivity contribution in [2.24, 2.45) is 0 Å². The van der Waals surface area contributed by atoms with Crippen LogP contribution in [0.25, 0.3) is 0 Å². The molecular weight excluding hydrogens is 298 g/mol. The summed E-state index contributed by atoms with van der Waals surface area (Å²) >= 11 is 5.79. The fraction of sp³-hybridized carbons (Fsp3) is 0.308. The van der Waals surface area contributed by atoms with Crippen LogP contribution in [-0.4, -0.2) is 24.9 Å². The number of aromatic nitrogens is 2. The Labute approximate surface area is 123 Å². The normalized spacial score (nSPS) is 11.7. The van der Waals surface area contributed by atoms with Gasteiger partial charge in [0.15, 0.2) is 5.03 Å². The van der Waals surface area contributed by atoms with Crippen LogP contribution in [0.2, 0.25) is 5.02 Å². The van der Waals surface area contributed by atoms with E-state index < -0.39 is 10.0 Å². The Morgan fingerprint density at radius 1 is 1.30 bits per heavy atom. The van der Waals surface area contributed by atoms with E-state index in [4.69, 9.17) is 11.6 Å². The summed E-state index contributed by atoms with van der Waals surface area (Å²) in [4.78, 5) is 6.77. The maximum atomic E-state index is 12.0. The van der Waals surface area contributed by atoms with Crippen molar-refractivity contribution < 1.29 is 8.42 Å². The molecule has 0 radical (unpaired) electrons. The van der Waals surface area contributed by atoms with Crippen molar-refractivity contribution in [3.8, 4) is 0 Å². The number of aryl methyl sites for hydroxylation is 1. The number of halogens is 1. The first-order chi connectivity index (χ1) is 9.51. The van der Waals surface area contributed by atoms with Crippen LogP contribution in [0.1, 0.15) is 18.3 Å². The molecule has 0 aliphatic heterocycles. The smallest absolute Gasteiger partial charge is 0.257 e. The number of hydrogen-bond donors (Lipinski definition) is 2. The molecule has 0 saturated carbocycles. The summed E-state index contributed by atoms with van der Waals surface area (Å²) in [6, 6.07) is 7.33. The highest BCUT2D eigenvalue weighted by molar-refractivity contribution is 7.89. The molecule has 20 heavy (non-hydrogen) atoms. The fourth-order valence-corrected chi connectivity index (χ4v) is 2.81. The zero-order valence-corrected chi connectivity index (χ0v) is 12.6. The molecule has 0 unspecified atom stereocenters. The van der Waals surface area contributed by atoms with Gasteiger partial charge in [-0.3, -0.25) is 0 Å². The first-order valence-corrected chi connectivity index (χ1v) is 8.15. The van der Waals surface area contributed by atoms with Crippen LogP contribution in [-0.2, 0) is 22.9 Å². The Balaban J connectivity index is 1.94. The summed E-state index contributed by atoms with van der Waals surface area (Å²) in [7, 11) is -3.52. The minimum Gasteiger partial charge on any atom is -0.332 e. The lowest BCUT2D eigenvalue weighted by Gasteiger charge is -2.05. The highest BCUT2D eigenvalue weighted by Gasteiger charge is 2.16. The molecule has 5 nitrogen and oxygen atoms in total. The molecule has 2 aromatic rings. The van der Waals surface area contributed by atoms with Crippen molar-refractivity contribution >= 4 is 21.6 Å². The quantitative estimate of drug-likeness (QED) is 0.858. The summed E-state index contributed by atoms with van der Waals surface area (Å²) in [6.07, 6.45) is 2.61. The van der Waals surface area contributed by atoms with Crippen LogP contribution < -0.4 is 4.72 Å². The lowest BCUT2D eigenvalue weighted by molar-refractivity contribution is 0.578. The summed E-state index contributed by atoms with van der Waals surface area (Å²) in [5.74, 6) is 0.656. The predicted octanol–water partition coefficient (Wildman–Crippen LogP) is 2.15. The largest absolute Gasteiger partial charge is 0.332 e. The van der Waals surface area contributed by atoms with Gasteiger partial charge in [0.25, 0.3) is 10.0 Å². The minimum absolute atomic E-state index is 0.102. The standard InChI is InChI=1S/C13H16ClN3O2S/c1-2-12-15-9-13(17-12)20(18,19)16-8-7-10-3-5-11(14)6-4-10/h3-6,9,16H,2,7-8H2,1H3,(H,15,17). The van der Waals surface area contributed by atoms with Crippen LogP contribution in [0.5, 0.6) is 0 Å². The van der Waals surface area contributed by atoms with E-state index in [2.05, 4.69) is 14.7 Å². The number of aromatic amines is 1. The van der Waals surface area contributed by atoms with Gasteiger partial charge in [0.1, 0.15) is 5.82 Å². The van der Waals surface area contributed by atoms with Crippen molar-refractivity contribution in [2.75, 3.05) is 6.54 Å². The molecule has 1 aromatic heterocycles. The van der Waals surface area contributed by atoms with Gasteiger partial charge in [0.05, 0.1) is 6.20 Å². The SMILES string of the molecule is CCc1ncc(S(=O)(=O)NCCc2ccc(Cl)cc2)[nH]1. The average Bonchev–Trinajstić information content (AvgIpc) is 2.90. The Morgan fingerprint density at radius 3 is 2.60 bits per heavy atom. The Hall–Kier alpha value is -1.37. The minimum atomic E-state index is -3.52. The zero-order chi connectivity index (χ0) is 14.6. The summed E-state index contributed by atoms with van der Waals surface area (Å²) in [5, 5.41) is 0.768. The predicted molar refractivity (Wildman–Crippen MR) is 78.3 cm³/mol. The zero-order valence-electron chi connectivity index (χ0n) is 11.1. The molecule has 1 heterocycles. The Bertz CT molecular complexity index is 665. The first-order valence-electron chi connectivity index (χ1n) is 6.29. The molecule has 0 amide bonds. The van der Waals surface area contributed by atoms with Gasteiger partial charge in [-0.15, -0.1) is 0 Å². The van der Waals surface area contributed by atoms with Gasteiger partial charge in [-0.2, -0.15) is 0 Å². The Kier molecular flexibility index (Phi) is 4.80. The summed E-state index contributed by atoms with van der Waals surface area (Å²) < 4.78 is 26.5. The molecule has 0 spiro atoms. The van der Waals surface area contributed by atoms with Crippen molar-refractivity contribution in [2.45, 2.75) is 24.8 Å². The van der Waals surface area contributed by atoms with Crippen molar-refractivity contribution in [3.63, 3.8) is 0 Å². The van der Waals surface area contributed by atoms with Gasteiger partial charge in [-0.25, -0.2) is 18.1 Å². The van der Waals surface area contributed by atoms with Crippen LogP contribution in [0, 0.1) is 0 Å². The third-order valence-electron chi connectivity index (χ3n) is 2.85.